The van der Waals surface area contributed by atoms with Gasteiger partial charge in [0.25, 0.3) is 0 Å². The predicted molar refractivity (Wildman–Crippen MR) is 72.5 cm³/mol. The lowest BCUT2D eigenvalue weighted by Gasteiger charge is -2.35. The van der Waals surface area contributed by atoms with Gasteiger partial charge in [-0.1, -0.05) is 0 Å². The van der Waals surface area contributed by atoms with Crippen molar-refractivity contribution < 1.29 is 0 Å². The van der Waals surface area contributed by atoms with Crippen LogP contribution in [0.3, 0.4) is 0 Å². The molecule has 0 bridgehead atoms. The fourth-order valence-electron chi connectivity index (χ4n) is 2.29. The van der Waals surface area contributed by atoms with Gasteiger partial charge in [-0.3, -0.25) is 9.80 Å². The van der Waals surface area contributed by atoms with Gasteiger partial charge in [0.2, 0.25) is 0 Å². The van der Waals surface area contributed by atoms with Crippen LogP contribution in [-0.4, -0.2) is 87.2 Å². The normalized spacial score (nSPS) is 23.5. The van der Waals surface area contributed by atoms with Crippen molar-refractivity contribution in [2.45, 2.75) is 18.9 Å². The molecule has 2 aliphatic rings. The van der Waals surface area contributed by atoms with Gasteiger partial charge in [0, 0.05) is 58.4 Å². The van der Waals surface area contributed by atoms with E-state index in [4.69, 9.17) is 0 Å². The summed E-state index contributed by atoms with van der Waals surface area (Å²) in [4.78, 5) is 7.46. The summed E-state index contributed by atoms with van der Waals surface area (Å²) in [6, 6.07) is 0.858. The molecule has 0 aromatic rings. The summed E-state index contributed by atoms with van der Waals surface area (Å²) in [5.41, 5.74) is 0. The lowest BCUT2D eigenvalue weighted by molar-refractivity contribution is 0.126. The third-order valence-electron chi connectivity index (χ3n) is 3.77. The quantitative estimate of drug-likeness (QED) is 0.672. The van der Waals surface area contributed by atoms with Gasteiger partial charge in [0.15, 0.2) is 0 Å². The number of nitrogens with zero attached hydrogens (tertiary/aromatic N) is 3. The molecule has 0 amide bonds. The fourth-order valence-corrected chi connectivity index (χ4v) is 2.29. The van der Waals surface area contributed by atoms with E-state index in [1.165, 1.54) is 65.2 Å². The summed E-state index contributed by atoms with van der Waals surface area (Å²) in [6.07, 6.45) is 2.80. The third-order valence-corrected chi connectivity index (χ3v) is 3.77. The summed E-state index contributed by atoms with van der Waals surface area (Å²) in [6.45, 7) is 9.82. The zero-order chi connectivity index (χ0) is 12.1. The smallest absolute Gasteiger partial charge is 0.0110 e. The van der Waals surface area contributed by atoms with Crippen molar-refractivity contribution >= 4 is 0 Å². The molecule has 4 nitrogen and oxygen atoms in total. The number of hydrogen-bond donors (Lipinski definition) is 1. The highest BCUT2D eigenvalue weighted by molar-refractivity contribution is 4.81. The van der Waals surface area contributed by atoms with E-state index in [0.29, 0.717) is 0 Å². The standard InChI is InChI=1S/C13H28N4/c1-15(2)7-8-17-11-9-16(10-12-17)6-5-14-13-3-4-13/h13-14H,3-12H2,1-2H3. The van der Waals surface area contributed by atoms with Crippen LogP contribution >= 0.6 is 0 Å². The Bertz CT molecular complexity index is 207. The molecule has 100 valence electrons. The van der Waals surface area contributed by atoms with E-state index < -0.39 is 0 Å². The first-order valence-electron chi connectivity index (χ1n) is 7.07. The van der Waals surface area contributed by atoms with E-state index in [1.807, 2.05) is 0 Å². The molecule has 1 aliphatic carbocycles. The molecule has 0 aromatic carbocycles. The molecular formula is C13H28N4. The van der Waals surface area contributed by atoms with Gasteiger partial charge in [-0.25, -0.2) is 0 Å². The Kier molecular flexibility index (Phi) is 5.22. The lowest BCUT2D eigenvalue weighted by atomic mass is 10.3. The Labute approximate surface area is 106 Å². The van der Waals surface area contributed by atoms with E-state index in [9.17, 15) is 0 Å². The molecule has 0 spiro atoms. The van der Waals surface area contributed by atoms with E-state index >= 15 is 0 Å². The molecule has 4 heteroatoms. The van der Waals surface area contributed by atoms with Crippen molar-refractivity contribution in [2.75, 3.05) is 66.5 Å². The first-order valence-corrected chi connectivity index (χ1v) is 7.07. The zero-order valence-corrected chi connectivity index (χ0v) is 11.5. The number of hydrogen-bond acceptors (Lipinski definition) is 4. The van der Waals surface area contributed by atoms with Crippen LogP contribution in [0.25, 0.3) is 0 Å². The average molecular weight is 240 g/mol. The molecule has 0 radical (unpaired) electrons. The molecule has 0 aromatic heterocycles. The molecule has 1 heterocycles. The molecular weight excluding hydrogens is 212 g/mol. The first-order chi connectivity index (χ1) is 8.24. The Morgan fingerprint density at radius 1 is 1.00 bits per heavy atom. The maximum Gasteiger partial charge on any atom is 0.0110 e. The maximum atomic E-state index is 3.59. The first kappa shape index (κ1) is 13.3. The Hall–Kier alpha value is -0.160. The molecule has 1 aliphatic heterocycles. The van der Waals surface area contributed by atoms with Crippen molar-refractivity contribution in [2.24, 2.45) is 0 Å². The van der Waals surface area contributed by atoms with Crippen LogP contribution in [0.5, 0.6) is 0 Å². The second-order valence-electron chi connectivity index (χ2n) is 5.71. The van der Waals surface area contributed by atoms with Crippen molar-refractivity contribution in [3.8, 4) is 0 Å². The molecule has 1 N–H and O–H groups in total. The SMILES string of the molecule is CN(C)CCN1CCN(CCNC2CC2)CC1. The van der Waals surface area contributed by atoms with Crippen LogP contribution in [0, 0.1) is 0 Å². The van der Waals surface area contributed by atoms with Crippen LogP contribution in [0.1, 0.15) is 12.8 Å². The number of nitrogens with one attached hydrogen (secondary N) is 1. The van der Waals surface area contributed by atoms with Gasteiger partial charge in [0.1, 0.15) is 0 Å². The molecule has 1 saturated heterocycles. The topological polar surface area (TPSA) is 21.8 Å². The summed E-state index contributed by atoms with van der Waals surface area (Å²) >= 11 is 0. The predicted octanol–water partition coefficient (Wildman–Crippen LogP) is -0.0824. The highest BCUT2D eigenvalue weighted by atomic mass is 15.3. The van der Waals surface area contributed by atoms with Crippen LogP contribution in [0.4, 0.5) is 0 Å². The zero-order valence-electron chi connectivity index (χ0n) is 11.5. The van der Waals surface area contributed by atoms with Gasteiger partial charge >= 0.3 is 0 Å². The van der Waals surface area contributed by atoms with Gasteiger partial charge in [-0.15, -0.1) is 0 Å². The summed E-state index contributed by atoms with van der Waals surface area (Å²) in [5, 5.41) is 3.59. The minimum atomic E-state index is 0.858. The second-order valence-corrected chi connectivity index (χ2v) is 5.71. The van der Waals surface area contributed by atoms with E-state index in [1.54, 1.807) is 0 Å². The van der Waals surface area contributed by atoms with Crippen molar-refractivity contribution in [1.29, 1.82) is 0 Å². The molecule has 1 saturated carbocycles. The maximum absolute atomic E-state index is 3.59. The number of rotatable bonds is 7. The van der Waals surface area contributed by atoms with Crippen molar-refractivity contribution in [3.63, 3.8) is 0 Å². The monoisotopic (exact) mass is 240 g/mol. The van der Waals surface area contributed by atoms with E-state index in [0.717, 1.165) is 6.04 Å². The van der Waals surface area contributed by atoms with Crippen LogP contribution in [0.2, 0.25) is 0 Å². The Morgan fingerprint density at radius 3 is 2.12 bits per heavy atom. The minimum absolute atomic E-state index is 0.858. The van der Waals surface area contributed by atoms with Crippen LogP contribution < -0.4 is 5.32 Å². The Morgan fingerprint density at radius 2 is 1.59 bits per heavy atom. The van der Waals surface area contributed by atoms with E-state index in [2.05, 4.69) is 34.1 Å². The number of piperazine rings is 1. The summed E-state index contributed by atoms with van der Waals surface area (Å²) in [5.74, 6) is 0. The Balaban J connectivity index is 1.50. The largest absolute Gasteiger partial charge is 0.313 e. The van der Waals surface area contributed by atoms with Crippen LogP contribution in [0.15, 0.2) is 0 Å². The number of likely N-dealkylation sites (N-methyl/N-ethyl adjacent to an activating group) is 1. The van der Waals surface area contributed by atoms with Gasteiger partial charge < -0.3 is 10.2 Å². The van der Waals surface area contributed by atoms with Crippen molar-refractivity contribution in [1.82, 2.24) is 20.0 Å². The van der Waals surface area contributed by atoms with Crippen LogP contribution in [-0.2, 0) is 0 Å². The van der Waals surface area contributed by atoms with E-state index in [-0.39, 0.29) is 0 Å². The fraction of sp³-hybridized carbons (Fsp3) is 1.00. The highest BCUT2D eigenvalue weighted by Crippen LogP contribution is 2.18. The minimum Gasteiger partial charge on any atom is -0.313 e. The third kappa shape index (κ3) is 5.34. The lowest BCUT2D eigenvalue weighted by Crippen LogP contribution is -2.49. The second kappa shape index (κ2) is 6.69. The molecule has 2 rings (SSSR count). The molecule has 0 atom stereocenters. The molecule has 0 unspecified atom stereocenters. The average Bonchev–Trinajstić information content (AvgIpc) is 3.12. The van der Waals surface area contributed by atoms with Gasteiger partial charge in [-0.2, -0.15) is 0 Å². The molecule has 17 heavy (non-hydrogen) atoms. The highest BCUT2D eigenvalue weighted by Gasteiger charge is 2.21. The molecule has 2 fully saturated rings. The van der Waals surface area contributed by atoms with Gasteiger partial charge in [0.05, 0.1) is 0 Å². The van der Waals surface area contributed by atoms with Gasteiger partial charge in [-0.05, 0) is 26.9 Å². The summed E-state index contributed by atoms with van der Waals surface area (Å²) in [7, 11) is 4.31. The summed E-state index contributed by atoms with van der Waals surface area (Å²) < 4.78 is 0. The van der Waals surface area contributed by atoms with Crippen molar-refractivity contribution in [3.05, 3.63) is 0 Å².